The number of hydrogen-bond donors (Lipinski definition) is 1. The molecule has 1 atom stereocenters. The van der Waals surface area contributed by atoms with Crippen LogP contribution in [0, 0.1) is 0 Å². The fourth-order valence-electron chi connectivity index (χ4n) is 2.49. The fraction of sp³-hybridized carbons (Fsp3) is 0.438. The Balaban J connectivity index is 1.70. The molecule has 3 rings (SSSR count). The van der Waals surface area contributed by atoms with E-state index in [0.717, 1.165) is 48.1 Å². The minimum atomic E-state index is 0.313. The lowest BCUT2D eigenvalue weighted by molar-refractivity contribution is 0.120. The van der Waals surface area contributed by atoms with Gasteiger partial charge in [-0.3, -0.25) is 0 Å². The largest absolute Gasteiger partial charge is 0.493 e. The van der Waals surface area contributed by atoms with Gasteiger partial charge in [0.2, 0.25) is 0 Å². The molecule has 118 valence electrons. The van der Waals surface area contributed by atoms with Gasteiger partial charge in [-0.2, -0.15) is 0 Å². The van der Waals surface area contributed by atoms with Crippen molar-refractivity contribution < 1.29 is 14.2 Å². The van der Waals surface area contributed by atoms with E-state index >= 15 is 0 Å². The zero-order chi connectivity index (χ0) is 15.4. The molecule has 2 heterocycles. The molecule has 1 saturated heterocycles. The normalized spacial score (nSPS) is 17.5. The maximum absolute atomic E-state index is 5.61. The van der Waals surface area contributed by atoms with Gasteiger partial charge in [-0.15, -0.1) is 11.3 Å². The van der Waals surface area contributed by atoms with Crippen molar-refractivity contribution in [3.05, 3.63) is 23.6 Å². The van der Waals surface area contributed by atoms with Crippen molar-refractivity contribution in [1.82, 2.24) is 4.98 Å². The van der Waals surface area contributed by atoms with E-state index in [2.05, 4.69) is 10.3 Å². The van der Waals surface area contributed by atoms with Crippen LogP contribution in [0.4, 0.5) is 5.13 Å². The predicted octanol–water partition coefficient (Wildman–Crippen LogP) is 3.42. The molecule has 0 bridgehead atoms. The number of nitrogens with one attached hydrogen (secondary N) is 1. The second-order valence-electron chi connectivity index (χ2n) is 5.12. The van der Waals surface area contributed by atoms with E-state index in [9.17, 15) is 0 Å². The molecule has 1 aromatic heterocycles. The molecule has 1 aliphatic heterocycles. The summed E-state index contributed by atoms with van der Waals surface area (Å²) in [7, 11) is 3.27. The summed E-state index contributed by atoms with van der Waals surface area (Å²) in [5.41, 5.74) is 1.94. The maximum atomic E-state index is 5.61. The van der Waals surface area contributed by atoms with Crippen LogP contribution in [0.3, 0.4) is 0 Å². The predicted molar refractivity (Wildman–Crippen MR) is 88.1 cm³/mol. The van der Waals surface area contributed by atoms with Crippen LogP contribution in [-0.2, 0) is 4.74 Å². The Morgan fingerprint density at radius 3 is 2.91 bits per heavy atom. The molecule has 5 nitrogen and oxygen atoms in total. The average Bonchev–Trinajstić information content (AvgIpc) is 3.23. The number of benzene rings is 1. The first kappa shape index (κ1) is 15.1. The van der Waals surface area contributed by atoms with Crippen LogP contribution in [0.15, 0.2) is 23.6 Å². The third kappa shape index (κ3) is 3.34. The van der Waals surface area contributed by atoms with Crippen LogP contribution in [0.1, 0.15) is 12.8 Å². The summed E-state index contributed by atoms with van der Waals surface area (Å²) in [6.45, 7) is 1.69. The topological polar surface area (TPSA) is 52.6 Å². The summed E-state index contributed by atoms with van der Waals surface area (Å²) >= 11 is 1.60. The van der Waals surface area contributed by atoms with Crippen molar-refractivity contribution in [3.63, 3.8) is 0 Å². The highest BCUT2D eigenvalue weighted by atomic mass is 32.1. The van der Waals surface area contributed by atoms with E-state index in [-0.39, 0.29) is 0 Å². The minimum absolute atomic E-state index is 0.313. The molecular weight excluding hydrogens is 300 g/mol. The van der Waals surface area contributed by atoms with Crippen LogP contribution in [0.5, 0.6) is 11.5 Å². The third-order valence-electron chi connectivity index (χ3n) is 3.69. The highest BCUT2D eigenvalue weighted by Gasteiger charge is 2.16. The lowest BCUT2D eigenvalue weighted by Gasteiger charge is -2.09. The van der Waals surface area contributed by atoms with Crippen LogP contribution < -0.4 is 14.8 Å². The smallest absolute Gasteiger partial charge is 0.183 e. The van der Waals surface area contributed by atoms with E-state index in [4.69, 9.17) is 14.2 Å². The highest BCUT2D eigenvalue weighted by molar-refractivity contribution is 7.14. The van der Waals surface area contributed by atoms with Gasteiger partial charge >= 0.3 is 0 Å². The molecule has 6 heteroatoms. The highest BCUT2D eigenvalue weighted by Crippen LogP contribution is 2.33. The molecule has 0 amide bonds. The zero-order valence-electron chi connectivity index (χ0n) is 12.8. The third-order valence-corrected chi connectivity index (χ3v) is 4.49. The quantitative estimate of drug-likeness (QED) is 0.884. The zero-order valence-corrected chi connectivity index (χ0v) is 13.6. The van der Waals surface area contributed by atoms with Gasteiger partial charge in [0.05, 0.1) is 26.0 Å². The lowest BCUT2D eigenvalue weighted by Crippen LogP contribution is -2.18. The molecule has 22 heavy (non-hydrogen) atoms. The summed E-state index contributed by atoms with van der Waals surface area (Å²) in [5.74, 6) is 1.43. The number of anilines is 1. The van der Waals surface area contributed by atoms with Gasteiger partial charge in [0.1, 0.15) is 0 Å². The number of thiazole rings is 1. The van der Waals surface area contributed by atoms with Crippen LogP contribution in [0.2, 0.25) is 0 Å². The molecule has 2 aromatic rings. The number of hydrogen-bond acceptors (Lipinski definition) is 6. The minimum Gasteiger partial charge on any atom is -0.493 e. The number of ether oxygens (including phenoxy) is 3. The van der Waals surface area contributed by atoms with E-state index in [1.807, 2.05) is 23.6 Å². The van der Waals surface area contributed by atoms with Crippen LogP contribution in [-0.4, -0.2) is 38.5 Å². The molecule has 1 N–H and O–H groups in total. The van der Waals surface area contributed by atoms with E-state index < -0.39 is 0 Å². The molecule has 0 radical (unpaired) electrons. The SMILES string of the molecule is COc1ccc(-c2csc(NCC3CCCO3)n2)cc1OC. The summed E-state index contributed by atoms with van der Waals surface area (Å²) in [5, 5.41) is 6.31. The molecule has 1 unspecified atom stereocenters. The Labute approximate surface area is 134 Å². The molecule has 0 aliphatic carbocycles. The number of nitrogens with zero attached hydrogens (tertiary/aromatic N) is 1. The van der Waals surface area contributed by atoms with E-state index in [0.29, 0.717) is 11.9 Å². The summed E-state index contributed by atoms with van der Waals surface area (Å²) < 4.78 is 16.2. The maximum Gasteiger partial charge on any atom is 0.183 e. The van der Waals surface area contributed by atoms with Crippen LogP contribution in [0.25, 0.3) is 11.3 Å². The fourth-order valence-corrected chi connectivity index (χ4v) is 3.22. The Kier molecular flexibility index (Phi) is 4.80. The van der Waals surface area contributed by atoms with Crippen molar-refractivity contribution in [2.24, 2.45) is 0 Å². The summed E-state index contributed by atoms with van der Waals surface area (Å²) in [6, 6.07) is 5.82. The van der Waals surface area contributed by atoms with Crippen molar-refractivity contribution in [3.8, 4) is 22.8 Å². The monoisotopic (exact) mass is 320 g/mol. The molecule has 1 aliphatic rings. The molecule has 0 saturated carbocycles. The lowest BCUT2D eigenvalue weighted by atomic mass is 10.1. The first-order valence-corrected chi connectivity index (χ1v) is 8.21. The van der Waals surface area contributed by atoms with Crippen LogP contribution >= 0.6 is 11.3 Å². The van der Waals surface area contributed by atoms with Gasteiger partial charge in [0.15, 0.2) is 16.6 Å². The van der Waals surface area contributed by atoms with Gasteiger partial charge in [0, 0.05) is 24.1 Å². The first-order valence-electron chi connectivity index (χ1n) is 7.33. The molecule has 1 fully saturated rings. The first-order chi connectivity index (χ1) is 10.8. The van der Waals surface area contributed by atoms with E-state index in [1.54, 1.807) is 25.6 Å². The van der Waals surface area contributed by atoms with Gasteiger partial charge in [0.25, 0.3) is 0 Å². The van der Waals surface area contributed by atoms with Gasteiger partial charge < -0.3 is 19.5 Å². The van der Waals surface area contributed by atoms with Gasteiger partial charge in [-0.1, -0.05) is 0 Å². The Hall–Kier alpha value is -1.79. The summed E-state index contributed by atoms with van der Waals surface area (Å²) in [4.78, 5) is 4.63. The Morgan fingerprint density at radius 2 is 2.18 bits per heavy atom. The average molecular weight is 320 g/mol. The standard InChI is InChI=1S/C16H20N2O3S/c1-19-14-6-5-11(8-15(14)20-2)13-10-22-16(18-13)17-9-12-4-3-7-21-12/h5-6,8,10,12H,3-4,7,9H2,1-2H3,(H,17,18). The van der Waals surface area contributed by atoms with Crippen molar-refractivity contribution >= 4 is 16.5 Å². The number of aromatic nitrogens is 1. The Morgan fingerprint density at radius 1 is 1.32 bits per heavy atom. The number of rotatable bonds is 6. The van der Waals surface area contributed by atoms with Gasteiger partial charge in [-0.25, -0.2) is 4.98 Å². The summed E-state index contributed by atoms with van der Waals surface area (Å²) in [6.07, 6.45) is 2.59. The molecule has 1 aromatic carbocycles. The molecule has 0 spiro atoms. The van der Waals surface area contributed by atoms with Crippen molar-refractivity contribution in [1.29, 1.82) is 0 Å². The van der Waals surface area contributed by atoms with E-state index in [1.165, 1.54) is 0 Å². The van der Waals surface area contributed by atoms with Crippen molar-refractivity contribution in [2.75, 3.05) is 32.7 Å². The van der Waals surface area contributed by atoms with Gasteiger partial charge in [-0.05, 0) is 31.0 Å². The Bertz CT molecular complexity index is 624. The molecular formula is C16H20N2O3S. The second kappa shape index (κ2) is 6.98. The number of methoxy groups -OCH3 is 2. The second-order valence-corrected chi connectivity index (χ2v) is 5.98. The van der Waals surface area contributed by atoms with Crippen molar-refractivity contribution in [2.45, 2.75) is 18.9 Å².